The summed E-state index contributed by atoms with van der Waals surface area (Å²) in [6.07, 6.45) is 0.212. The van der Waals surface area contributed by atoms with Gasteiger partial charge < -0.3 is 10.0 Å². The molecule has 6 heteroatoms. The maximum absolute atomic E-state index is 12.9. The zero-order valence-corrected chi connectivity index (χ0v) is 13.9. The van der Waals surface area contributed by atoms with Crippen LogP contribution in [0.15, 0.2) is 30.3 Å². The highest BCUT2D eigenvalue weighted by Gasteiger charge is 2.52. The van der Waals surface area contributed by atoms with Crippen LogP contribution in [0.5, 0.6) is 0 Å². The van der Waals surface area contributed by atoms with E-state index in [0.29, 0.717) is 18.5 Å². The van der Waals surface area contributed by atoms with Gasteiger partial charge in [-0.3, -0.25) is 19.3 Å². The van der Waals surface area contributed by atoms with Gasteiger partial charge in [0.15, 0.2) is 0 Å². The van der Waals surface area contributed by atoms with Crippen LogP contribution in [0, 0.1) is 5.92 Å². The number of aliphatic hydroxyl groups is 1. The maximum atomic E-state index is 12.9. The quantitative estimate of drug-likeness (QED) is 0.840. The van der Waals surface area contributed by atoms with Crippen molar-refractivity contribution in [1.29, 1.82) is 0 Å². The van der Waals surface area contributed by atoms with Crippen molar-refractivity contribution in [2.75, 3.05) is 6.54 Å². The Morgan fingerprint density at radius 2 is 1.83 bits per heavy atom. The van der Waals surface area contributed by atoms with Crippen molar-refractivity contribution >= 4 is 17.7 Å². The van der Waals surface area contributed by atoms with Gasteiger partial charge >= 0.3 is 0 Å². The molecule has 0 aromatic heterocycles. The molecule has 2 aliphatic rings. The summed E-state index contributed by atoms with van der Waals surface area (Å²) >= 11 is 0. The SMILES string of the molecule is CC(C)[C@H](O)[C@H]1C(=O)N2CCC[C@H]2C(=O)N1C(=O)c1ccccc1. The lowest BCUT2D eigenvalue weighted by molar-refractivity contribution is -0.162. The molecule has 2 saturated heterocycles. The highest BCUT2D eigenvalue weighted by molar-refractivity contribution is 6.12. The molecule has 0 saturated carbocycles. The van der Waals surface area contributed by atoms with Gasteiger partial charge in [0.25, 0.3) is 11.8 Å². The van der Waals surface area contributed by atoms with E-state index in [1.54, 1.807) is 44.2 Å². The Kier molecular flexibility index (Phi) is 4.41. The highest BCUT2D eigenvalue weighted by Crippen LogP contribution is 2.30. The third kappa shape index (κ3) is 2.60. The number of aliphatic hydroxyl groups excluding tert-OH is 1. The number of fused-ring (bicyclic) bond motifs is 1. The predicted molar refractivity (Wildman–Crippen MR) is 87.0 cm³/mol. The average Bonchev–Trinajstić information content (AvgIpc) is 3.07. The first-order valence-corrected chi connectivity index (χ1v) is 8.34. The van der Waals surface area contributed by atoms with Crippen LogP contribution < -0.4 is 0 Å². The summed E-state index contributed by atoms with van der Waals surface area (Å²) in [6.45, 7) is 4.04. The molecule has 3 rings (SSSR count). The summed E-state index contributed by atoms with van der Waals surface area (Å²) in [7, 11) is 0. The fourth-order valence-corrected chi connectivity index (χ4v) is 3.47. The smallest absolute Gasteiger partial charge is 0.261 e. The van der Waals surface area contributed by atoms with E-state index in [1.165, 1.54) is 4.90 Å². The molecule has 128 valence electrons. The molecule has 0 aliphatic carbocycles. The minimum atomic E-state index is -1.15. The molecule has 1 aromatic carbocycles. The second kappa shape index (κ2) is 6.36. The van der Waals surface area contributed by atoms with Gasteiger partial charge in [0.05, 0.1) is 6.10 Å². The van der Waals surface area contributed by atoms with Gasteiger partial charge in [-0.2, -0.15) is 0 Å². The van der Waals surface area contributed by atoms with Gasteiger partial charge in [0.1, 0.15) is 12.1 Å². The number of carbonyl (C=O) groups excluding carboxylic acids is 3. The minimum Gasteiger partial charge on any atom is -0.390 e. The van der Waals surface area contributed by atoms with Crippen molar-refractivity contribution in [1.82, 2.24) is 9.80 Å². The van der Waals surface area contributed by atoms with Crippen LogP contribution in [0.3, 0.4) is 0 Å². The van der Waals surface area contributed by atoms with Crippen LogP contribution in [0.2, 0.25) is 0 Å². The van der Waals surface area contributed by atoms with Crippen LogP contribution in [0.1, 0.15) is 37.0 Å². The molecule has 0 radical (unpaired) electrons. The van der Waals surface area contributed by atoms with E-state index in [2.05, 4.69) is 0 Å². The Morgan fingerprint density at radius 1 is 1.17 bits per heavy atom. The number of nitrogens with zero attached hydrogens (tertiary/aromatic N) is 2. The number of hydrogen-bond acceptors (Lipinski definition) is 4. The topological polar surface area (TPSA) is 77.9 Å². The normalized spacial score (nSPS) is 25.2. The van der Waals surface area contributed by atoms with Crippen molar-refractivity contribution in [3.05, 3.63) is 35.9 Å². The largest absolute Gasteiger partial charge is 0.390 e. The molecule has 3 amide bonds. The lowest BCUT2D eigenvalue weighted by Crippen LogP contribution is -2.68. The second-order valence-corrected chi connectivity index (χ2v) is 6.75. The number of amides is 3. The van der Waals surface area contributed by atoms with Crippen molar-refractivity contribution in [3.63, 3.8) is 0 Å². The first kappa shape index (κ1) is 16.6. The van der Waals surface area contributed by atoms with Crippen LogP contribution in [0.4, 0.5) is 0 Å². The predicted octanol–water partition coefficient (Wildman–Crippen LogP) is 1.05. The molecule has 2 fully saturated rings. The summed E-state index contributed by atoms with van der Waals surface area (Å²) in [5.74, 6) is -1.49. The summed E-state index contributed by atoms with van der Waals surface area (Å²) in [5.41, 5.74) is 0.339. The van der Waals surface area contributed by atoms with E-state index in [1.807, 2.05) is 0 Å². The van der Waals surface area contributed by atoms with Crippen LogP contribution >= 0.6 is 0 Å². The molecular formula is C18H22N2O4. The fourth-order valence-electron chi connectivity index (χ4n) is 3.47. The van der Waals surface area contributed by atoms with E-state index in [9.17, 15) is 19.5 Å². The standard InChI is InChI=1S/C18H22N2O4/c1-11(2)15(21)14-18(24)19-10-6-9-13(19)17(23)20(14)16(22)12-7-4-3-5-8-12/h3-5,7-8,11,13-15,21H,6,9-10H2,1-2H3/t13-,14-,15-/m0/s1. The number of piperazine rings is 1. The molecule has 0 unspecified atom stereocenters. The van der Waals surface area contributed by atoms with Crippen molar-refractivity contribution in [3.8, 4) is 0 Å². The maximum Gasteiger partial charge on any atom is 0.261 e. The number of benzene rings is 1. The molecule has 2 heterocycles. The molecular weight excluding hydrogens is 308 g/mol. The summed E-state index contributed by atoms with van der Waals surface area (Å²) < 4.78 is 0. The van der Waals surface area contributed by atoms with Gasteiger partial charge in [0.2, 0.25) is 5.91 Å². The first-order valence-electron chi connectivity index (χ1n) is 8.34. The number of carbonyl (C=O) groups is 3. The Morgan fingerprint density at radius 3 is 2.46 bits per heavy atom. The van der Waals surface area contributed by atoms with E-state index >= 15 is 0 Å². The second-order valence-electron chi connectivity index (χ2n) is 6.75. The third-order valence-electron chi connectivity index (χ3n) is 4.84. The fraction of sp³-hybridized carbons (Fsp3) is 0.500. The summed E-state index contributed by atoms with van der Waals surface area (Å²) in [4.78, 5) is 41.2. The number of imide groups is 1. The van der Waals surface area contributed by atoms with E-state index < -0.39 is 24.1 Å². The average molecular weight is 330 g/mol. The molecule has 24 heavy (non-hydrogen) atoms. The zero-order valence-electron chi connectivity index (χ0n) is 13.9. The molecule has 2 aliphatic heterocycles. The van der Waals surface area contributed by atoms with Crippen molar-refractivity contribution in [2.24, 2.45) is 5.92 Å². The van der Waals surface area contributed by atoms with Crippen LogP contribution in [-0.2, 0) is 9.59 Å². The third-order valence-corrected chi connectivity index (χ3v) is 4.84. The molecule has 1 N–H and O–H groups in total. The van der Waals surface area contributed by atoms with E-state index in [-0.39, 0.29) is 17.7 Å². The van der Waals surface area contributed by atoms with E-state index in [0.717, 1.165) is 11.3 Å². The molecule has 1 aromatic rings. The van der Waals surface area contributed by atoms with Crippen LogP contribution in [-0.4, -0.2) is 57.4 Å². The Balaban J connectivity index is 2.02. The van der Waals surface area contributed by atoms with E-state index in [4.69, 9.17) is 0 Å². The molecule has 0 bridgehead atoms. The molecule has 6 nitrogen and oxygen atoms in total. The number of rotatable bonds is 3. The van der Waals surface area contributed by atoms with Gasteiger partial charge in [-0.25, -0.2) is 0 Å². The highest BCUT2D eigenvalue weighted by atomic mass is 16.3. The summed E-state index contributed by atoms with van der Waals surface area (Å²) in [5, 5.41) is 10.5. The van der Waals surface area contributed by atoms with Gasteiger partial charge in [-0.05, 0) is 30.9 Å². The van der Waals surface area contributed by atoms with Crippen molar-refractivity contribution in [2.45, 2.75) is 44.9 Å². The van der Waals surface area contributed by atoms with Crippen LogP contribution in [0.25, 0.3) is 0 Å². The van der Waals surface area contributed by atoms with Gasteiger partial charge in [0, 0.05) is 12.1 Å². The Hall–Kier alpha value is -2.21. The lowest BCUT2D eigenvalue weighted by atomic mass is 9.93. The Labute approximate surface area is 141 Å². The summed E-state index contributed by atoms with van der Waals surface area (Å²) in [6, 6.07) is 6.68. The Bertz CT molecular complexity index is 658. The van der Waals surface area contributed by atoms with Gasteiger partial charge in [-0.15, -0.1) is 0 Å². The van der Waals surface area contributed by atoms with Crippen molar-refractivity contribution < 1.29 is 19.5 Å². The monoisotopic (exact) mass is 330 g/mol. The minimum absolute atomic E-state index is 0.253. The zero-order chi connectivity index (χ0) is 17.4. The number of hydrogen-bond donors (Lipinski definition) is 1. The lowest BCUT2D eigenvalue weighted by Gasteiger charge is -2.43. The van der Waals surface area contributed by atoms with Gasteiger partial charge in [-0.1, -0.05) is 32.0 Å². The molecule has 3 atom stereocenters. The first-order chi connectivity index (χ1) is 11.4. The molecule has 0 spiro atoms.